The molecule has 0 radical (unpaired) electrons. The molecule has 1 aromatic heterocycles. The third-order valence-corrected chi connectivity index (χ3v) is 5.16. The molecule has 0 bridgehead atoms. The Kier molecular flexibility index (Phi) is 3.48. The normalized spacial score (nSPS) is 29.1. The lowest BCUT2D eigenvalue weighted by Crippen LogP contribution is -2.60. The summed E-state index contributed by atoms with van der Waals surface area (Å²) >= 11 is 0. The van der Waals surface area contributed by atoms with Gasteiger partial charge in [0.05, 0.1) is 5.56 Å². The molecule has 0 aromatic carbocycles. The number of nitrogens with one attached hydrogen (secondary N) is 4. The molecule has 2 aliphatic heterocycles. The van der Waals surface area contributed by atoms with E-state index in [0.717, 1.165) is 12.8 Å². The quantitative estimate of drug-likeness (QED) is 0.482. The third-order valence-electron chi connectivity index (χ3n) is 5.16. The van der Waals surface area contributed by atoms with Crippen molar-refractivity contribution in [2.24, 2.45) is 11.8 Å². The molecule has 0 unspecified atom stereocenters. The minimum Gasteiger partial charge on any atom is -0.475 e. The zero-order chi connectivity index (χ0) is 17.7. The first-order valence-corrected chi connectivity index (χ1v) is 8.14. The summed E-state index contributed by atoms with van der Waals surface area (Å²) in [6, 6.07) is -0.880. The minimum absolute atomic E-state index is 0.000556. The Balaban J connectivity index is 1.88. The number of hydrogen-bond acceptors (Lipinski definition) is 6. The molecule has 3 aliphatic rings. The molecular weight excluding hydrogens is 332 g/mol. The van der Waals surface area contributed by atoms with Crippen molar-refractivity contribution in [3.63, 3.8) is 0 Å². The van der Waals surface area contributed by atoms with Gasteiger partial charge >= 0.3 is 11.7 Å². The number of carbonyl (C=O) groups is 3. The van der Waals surface area contributed by atoms with E-state index in [9.17, 15) is 24.0 Å². The van der Waals surface area contributed by atoms with Gasteiger partial charge in [-0.1, -0.05) is 6.42 Å². The summed E-state index contributed by atoms with van der Waals surface area (Å²) in [6.07, 6.45) is 2.87. The van der Waals surface area contributed by atoms with Gasteiger partial charge in [-0.3, -0.25) is 35.0 Å². The molecule has 0 spiro atoms. The van der Waals surface area contributed by atoms with Crippen LogP contribution in [-0.4, -0.2) is 33.9 Å². The van der Waals surface area contributed by atoms with Gasteiger partial charge in [-0.2, -0.15) is 0 Å². The van der Waals surface area contributed by atoms with E-state index in [4.69, 9.17) is 4.74 Å². The highest BCUT2D eigenvalue weighted by molar-refractivity contribution is 6.16. The molecule has 4 rings (SSSR count). The van der Waals surface area contributed by atoms with E-state index in [2.05, 4.69) is 20.6 Å². The molecule has 3 heterocycles. The highest BCUT2D eigenvalue weighted by Crippen LogP contribution is 2.47. The van der Waals surface area contributed by atoms with Crippen molar-refractivity contribution in [3.8, 4) is 5.88 Å². The molecule has 25 heavy (non-hydrogen) atoms. The second-order valence-electron chi connectivity index (χ2n) is 6.57. The van der Waals surface area contributed by atoms with Gasteiger partial charge in [0.25, 0.3) is 5.56 Å². The maximum atomic E-state index is 12.4. The number of barbiturate groups is 1. The van der Waals surface area contributed by atoms with E-state index in [-0.39, 0.29) is 23.5 Å². The SMILES string of the molecule is O=C1NC(=O)C([C@@H]2c3c([nH]c(=O)[nH]c3=O)O[C@@H]3CCCC[C@@H]32)C(=O)N1. The number of carbonyl (C=O) groups excluding carboxylic acids is 3. The lowest BCUT2D eigenvalue weighted by atomic mass is 9.67. The summed E-state index contributed by atoms with van der Waals surface area (Å²) in [5.41, 5.74) is -1.33. The Morgan fingerprint density at radius 2 is 1.56 bits per heavy atom. The Labute approximate surface area is 140 Å². The minimum atomic E-state index is -1.24. The van der Waals surface area contributed by atoms with Crippen LogP contribution in [0.3, 0.4) is 0 Å². The van der Waals surface area contributed by atoms with E-state index in [1.807, 2.05) is 0 Å². The van der Waals surface area contributed by atoms with Gasteiger partial charge in [0.15, 0.2) is 0 Å². The molecule has 4 N–H and O–H groups in total. The van der Waals surface area contributed by atoms with Gasteiger partial charge in [-0.25, -0.2) is 9.59 Å². The van der Waals surface area contributed by atoms with E-state index in [1.165, 1.54) is 0 Å². The van der Waals surface area contributed by atoms with E-state index in [0.29, 0.717) is 12.8 Å². The van der Waals surface area contributed by atoms with Gasteiger partial charge in [0, 0.05) is 11.8 Å². The van der Waals surface area contributed by atoms with Gasteiger partial charge < -0.3 is 4.74 Å². The summed E-state index contributed by atoms with van der Waals surface area (Å²) in [5.74, 6) is -3.74. The largest absolute Gasteiger partial charge is 0.475 e. The van der Waals surface area contributed by atoms with Crippen molar-refractivity contribution in [1.82, 2.24) is 20.6 Å². The standard InChI is InChI=1S/C15H16N4O6/c20-10-8(11(21)17-14(23)16-10)7-5-3-1-2-4-6(5)25-13-9(7)12(22)18-15(24)19-13/h5-8H,1-4H2,(H2,18,19,22,24)(H2,16,17,20,21,23)/t5-,6+,7+/m0/s1. The highest BCUT2D eigenvalue weighted by Gasteiger charge is 2.51. The molecule has 10 nitrogen and oxygen atoms in total. The van der Waals surface area contributed by atoms with Crippen molar-refractivity contribution in [1.29, 1.82) is 0 Å². The lowest BCUT2D eigenvalue weighted by molar-refractivity contribution is -0.138. The van der Waals surface area contributed by atoms with Gasteiger partial charge in [-0.15, -0.1) is 0 Å². The number of amides is 4. The maximum Gasteiger partial charge on any atom is 0.328 e. The summed E-state index contributed by atoms with van der Waals surface area (Å²) in [7, 11) is 0. The Morgan fingerprint density at radius 3 is 2.28 bits per heavy atom. The van der Waals surface area contributed by atoms with E-state index >= 15 is 0 Å². The van der Waals surface area contributed by atoms with Crippen molar-refractivity contribution >= 4 is 17.8 Å². The van der Waals surface area contributed by atoms with Crippen LogP contribution in [0.2, 0.25) is 0 Å². The van der Waals surface area contributed by atoms with Crippen molar-refractivity contribution in [2.45, 2.75) is 37.7 Å². The van der Waals surface area contributed by atoms with Crippen LogP contribution >= 0.6 is 0 Å². The first-order valence-electron chi connectivity index (χ1n) is 8.14. The van der Waals surface area contributed by atoms with Crippen molar-refractivity contribution < 1.29 is 19.1 Å². The van der Waals surface area contributed by atoms with Crippen LogP contribution in [0, 0.1) is 11.8 Å². The van der Waals surface area contributed by atoms with Gasteiger partial charge in [-0.05, 0) is 19.3 Å². The van der Waals surface area contributed by atoms with Crippen LogP contribution in [0.4, 0.5) is 4.79 Å². The molecule has 1 saturated carbocycles. The van der Waals surface area contributed by atoms with Crippen LogP contribution in [-0.2, 0) is 9.59 Å². The number of fused-ring (bicyclic) bond motifs is 2. The summed E-state index contributed by atoms with van der Waals surface area (Å²) < 4.78 is 5.80. The molecule has 10 heteroatoms. The van der Waals surface area contributed by atoms with Crippen molar-refractivity contribution in [3.05, 3.63) is 26.4 Å². The third kappa shape index (κ3) is 2.44. The predicted molar refractivity (Wildman–Crippen MR) is 82.0 cm³/mol. The van der Waals surface area contributed by atoms with Gasteiger partial charge in [0.2, 0.25) is 17.7 Å². The van der Waals surface area contributed by atoms with Crippen LogP contribution in [0.1, 0.15) is 37.2 Å². The Hall–Kier alpha value is -2.91. The zero-order valence-corrected chi connectivity index (χ0v) is 13.1. The fourth-order valence-electron chi connectivity index (χ4n) is 4.19. The van der Waals surface area contributed by atoms with Crippen LogP contribution in [0.25, 0.3) is 0 Å². The number of aromatic nitrogens is 2. The average molecular weight is 348 g/mol. The zero-order valence-electron chi connectivity index (χ0n) is 13.1. The molecule has 1 aliphatic carbocycles. The summed E-state index contributed by atoms with van der Waals surface area (Å²) in [6.45, 7) is 0. The summed E-state index contributed by atoms with van der Waals surface area (Å²) in [5, 5.41) is 4.16. The second-order valence-corrected chi connectivity index (χ2v) is 6.57. The number of ether oxygens (including phenoxy) is 1. The number of rotatable bonds is 1. The number of aromatic amines is 2. The monoisotopic (exact) mass is 348 g/mol. The summed E-state index contributed by atoms with van der Waals surface area (Å²) in [4.78, 5) is 64.6. The average Bonchev–Trinajstić information content (AvgIpc) is 2.52. The van der Waals surface area contributed by atoms with Gasteiger partial charge in [0.1, 0.15) is 12.0 Å². The van der Waals surface area contributed by atoms with E-state index < -0.39 is 40.9 Å². The first-order chi connectivity index (χ1) is 12.0. The molecule has 2 fully saturated rings. The molecular formula is C15H16N4O6. The van der Waals surface area contributed by atoms with Crippen LogP contribution < -0.4 is 26.6 Å². The number of imide groups is 2. The lowest BCUT2D eigenvalue weighted by Gasteiger charge is -2.43. The molecule has 1 saturated heterocycles. The Morgan fingerprint density at radius 1 is 0.880 bits per heavy atom. The fourth-order valence-corrected chi connectivity index (χ4v) is 4.19. The topological polar surface area (TPSA) is 150 Å². The molecule has 132 valence electrons. The number of hydrogen-bond donors (Lipinski definition) is 4. The number of urea groups is 1. The first kappa shape index (κ1) is 15.6. The fraction of sp³-hybridized carbons (Fsp3) is 0.533. The van der Waals surface area contributed by atoms with Crippen molar-refractivity contribution in [2.75, 3.05) is 0 Å². The Bertz CT molecular complexity index is 867. The van der Waals surface area contributed by atoms with E-state index in [1.54, 1.807) is 0 Å². The van der Waals surface area contributed by atoms with Crippen LogP contribution in [0.5, 0.6) is 5.88 Å². The molecule has 3 atom stereocenters. The maximum absolute atomic E-state index is 12.4. The van der Waals surface area contributed by atoms with Crippen LogP contribution in [0.15, 0.2) is 9.59 Å². The molecule has 4 amide bonds. The highest BCUT2D eigenvalue weighted by atomic mass is 16.5. The molecule has 1 aromatic rings. The second kappa shape index (κ2) is 5.57. The predicted octanol–water partition coefficient (Wildman–Crippen LogP) is -0.920. The number of H-pyrrole nitrogens is 2. The smallest absolute Gasteiger partial charge is 0.328 e.